The van der Waals surface area contributed by atoms with Crippen LogP contribution < -0.4 is 5.32 Å². The molecule has 0 fully saturated rings. The summed E-state index contributed by atoms with van der Waals surface area (Å²) in [5.74, 6) is -0.211. The monoisotopic (exact) mass is 400 g/mol. The van der Waals surface area contributed by atoms with Gasteiger partial charge in [-0.1, -0.05) is 48.5 Å². The highest BCUT2D eigenvalue weighted by Crippen LogP contribution is 2.34. The molecule has 6 aromatic rings. The summed E-state index contributed by atoms with van der Waals surface area (Å²) in [7, 11) is 0. The number of rotatable bonds is 2. The minimum atomic E-state index is -0.211. The molecule has 146 valence electrons. The van der Waals surface area contributed by atoms with Crippen LogP contribution in [0, 0.1) is 0 Å². The van der Waals surface area contributed by atoms with Gasteiger partial charge in [-0.15, -0.1) is 0 Å². The maximum atomic E-state index is 12.5. The zero-order chi connectivity index (χ0) is 20.8. The number of aromatic nitrogens is 3. The largest absolute Gasteiger partial charge is 0.322 e. The van der Waals surface area contributed by atoms with Crippen molar-refractivity contribution in [3.05, 3.63) is 96.8 Å². The SMILES string of the molecule is O=C(Nc1ccc2nc3c4ccccc4c4ccccc4c3nc2c1)c1cccnc1. The van der Waals surface area contributed by atoms with Gasteiger partial charge in [0.15, 0.2) is 0 Å². The molecule has 0 atom stereocenters. The van der Waals surface area contributed by atoms with E-state index in [0.717, 1.165) is 38.2 Å². The number of amides is 1. The number of benzene rings is 4. The van der Waals surface area contributed by atoms with E-state index >= 15 is 0 Å². The summed E-state index contributed by atoms with van der Waals surface area (Å²) in [6.07, 6.45) is 3.18. The van der Waals surface area contributed by atoms with Gasteiger partial charge in [-0.2, -0.15) is 0 Å². The molecule has 1 N–H and O–H groups in total. The van der Waals surface area contributed by atoms with Gasteiger partial charge in [0.05, 0.1) is 27.6 Å². The second-order valence-electron chi connectivity index (χ2n) is 7.41. The lowest BCUT2D eigenvalue weighted by Gasteiger charge is -2.11. The molecule has 5 nitrogen and oxygen atoms in total. The summed E-state index contributed by atoms with van der Waals surface area (Å²) in [6.45, 7) is 0. The lowest BCUT2D eigenvalue weighted by Crippen LogP contribution is -2.12. The number of hydrogen-bond acceptors (Lipinski definition) is 4. The Morgan fingerprint density at radius 2 is 1.32 bits per heavy atom. The van der Waals surface area contributed by atoms with E-state index < -0.39 is 0 Å². The molecule has 0 unspecified atom stereocenters. The van der Waals surface area contributed by atoms with Crippen LogP contribution in [0.1, 0.15) is 10.4 Å². The first-order valence-electron chi connectivity index (χ1n) is 10.0. The summed E-state index contributed by atoms with van der Waals surface area (Å²) in [5.41, 5.74) is 4.43. The number of pyridine rings is 1. The van der Waals surface area contributed by atoms with Crippen molar-refractivity contribution in [1.29, 1.82) is 0 Å². The van der Waals surface area contributed by atoms with Crippen LogP contribution in [0.3, 0.4) is 0 Å². The van der Waals surface area contributed by atoms with E-state index in [0.29, 0.717) is 11.3 Å². The maximum Gasteiger partial charge on any atom is 0.257 e. The van der Waals surface area contributed by atoms with Crippen molar-refractivity contribution in [2.45, 2.75) is 0 Å². The second-order valence-corrected chi connectivity index (χ2v) is 7.41. The van der Waals surface area contributed by atoms with Crippen molar-refractivity contribution in [2.24, 2.45) is 0 Å². The molecule has 31 heavy (non-hydrogen) atoms. The third-order valence-corrected chi connectivity index (χ3v) is 5.50. The molecular formula is C26H16N4O. The van der Waals surface area contributed by atoms with Crippen molar-refractivity contribution in [3.63, 3.8) is 0 Å². The molecule has 0 bridgehead atoms. The lowest BCUT2D eigenvalue weighted by molar-refractivity contribution is 0.102. The van der Waals surface area contributed by atoms with Gasteiger partial charge in [-0.3, -0.25) is 9.78 Å². The molecule has 4 aromatic carbocycles. The van der Waals surface area contributed by atoms with E-state index in [1.54, 1.807) is 24.5 Å². The van der Waals surface area contributed by atoms with Crippen LogP contribution in [-0.2, 0) is 0 Å². The van der Waals surface area contributed by atoms with E-state index in [1.165, 1.54) is 5.39 Å². The maximum absolute atomic E-state index is 12.5. The topological polar surface area (TPSA) is 67.8 Å². The molecule has 0 aliphatic rings. The summed E-state index contributed by atoms with van der Waals surface area (Å²) >= 11 is 0. The van der Waals surface area contributed by atoms with E-state index in [1.807, 2.05) is 42.5 Å². The average Bonchev–Trinajstić information content (AvgIpc) is 2.84. The molecule has 0 radical (unpaired) electrons. The fraction of sp³-hybridized carbons (Fsp3) is 0. The molecule has 0 saturated carbocycles. The number of anilines is 1. The lowest BCUT2D eigenvalue weighted by atomic mass is 9.99. The summed E-state index contributed by atoms with van der Waals surface area (Å²) < 4.78 is 0. The fourth-order valence-corrected chi connectivity index (χ4v) is 4.06. The van der Waals surface area contributed by atoms with E-state index in [9.17, 15) is 4.79 Å². The average molecular weight is 400 g/mol. The molecule has 5 heteroatoms. The van der Waals surface area contributed by atoms with Crippen molar-refractivity contribution < 1.29 is 4.79 Å². The summed E-state index contributed by atoms with van der Waals surface area (Å²) in [5, 5.41) is 7.39. The Labute approximate surface area is 177 Å². The minimum absolute atomic E-state index is 0.211. The molecule has 0 aliphatic heterocycles. The van der Waals surface area contributed by atoms with E-state index in [4.69, 9.17) is 9.97 Å². The van der Waals surface area contributed by atoms with Gasteiger partial charge in [0.1, 0.15) is 0 Å². The van der Waals surface area contributed by atoms with Gasteiger partial charge in [0, 0.05) is 28.9 Å². The normalized spacial score (nSPS) is 11.4. The third-order valence-electron chi connectivity index (χ3n) is 5.50. The van der Waals surface area contributed by atoms with Crippen molar-refractivity contribution in [2.75, 3.05) is 5.32 Å². The Morgan fingerprint density at radius 1 is 0.677 bits per heavy atom. The van der Waals surface area contributed by atoms with Gasteiger partial charge in [0.25, 0.3) is 5.91 Å². The first-order valence-corrected chi connectivity index (χ1v) is 10.0. The smallest absolute Gasteiger partial charge is 0.257 e. The van der Waals surface area contributed by atoms with Crippen molar-refractivity contribution >= 4 is 55.2 Å². The van der Waals surface area contributed by atoms with Gasteiger partial charge in [-0.25, -0.2) is 9.97 Å². The van der Waals surface area contributed by atoms with Crippen LogP contribution in [0.25, 0.3) is 43.6 Å². The standard InChI is InChI=1S/C26H16N4O/c31-26(16-6-5-13-27-15-16)28-17-11-12-22-23(14-17)30-25-21-10-4-2-8-19(21)18-7-1-3-9-20(18)24(25)29-22/h1-15H,(H,28,31). The third kappa shape index (κ3) is 2.87. The Morgan fingerprint density at radius 3 is 1.97 bits per heavy atom. The Kier molecular flexibility index (Phi) is 3.86. The van der Waals surface area contributed by atoms with Crippen LogP contribution in [0.4, 0.5) is 5.69 Å². The van der Waals surface area contributed by atoms with Crippen LogP contribution >= 0.6 is 0 Å². The van der Waals surface area contributed by atoms with Crippen LogP contribution in [0.5, 0.6) is 0 Å². The van der Waals surface area contributed by atoms with Crippen molar-refractivity contribution in [3.8, 4) is 0 Å². The quantitative estimate of drug-likeness (QED) is 0.297. The zero-order valence-electron chi connectivity index (χ0n) is 16.4. The van der Waals surface area contributed by atoms with E-state index in [2.05, 4.69) is 34.6 Å². The van der Waals surface area contributed by atoms with Crippen molar-refractivity contribution in [1.82, 2.24) is 15.0 Å². The van der Waals surface area contributed by atoms with Crippen LogP contribution in [0.15, 0.2) is 91.3 Å². The molecule has 2 aromatic heterocycles. The molecule has 2 heterocycles. The number of carbonyl (C=O) groups is 1. The molecule has 1 amide bonds. The predicted molar refractivity (Wildman–Crippen MR) is 124 cm³/mol. The zero-order valence-corrected chi connectivity index (χ0v) is 16.4. The summed E-state index contributed by atoms with van der Waals surface area (Å²) in [4.78, 5) is 26.4. The highest BCUT2D eigenvalue weighted by molar-refractivity contribution is 6.23. The summed E-state index contributed by atoms with van der Waals surface area (Å²) in [6, 6.07) is 25.6. The van der Waals surface area contributed by atoms with Gasteiger partial charge in [0.2, 0.25) is 0 Å². The van der Waals surface area contributed by atoms with Crippen LogP contribution in [-0.4, -0.2) is 20.9 Å². The minimum Gasteiger partial charge on any atom is -0.322 e. The van der Waals surface area contributed by atoms with Gasteiger partial charge in [-0.05, 0) is 41.1 Å². The Hall–Kier alpha value is -4.38. The molecule has 0 saturated heterocycles. The van der Waals surface area contributed by atoms with Gasteiger partial charge < -0.3 is 5.32 Å². The molecule has 6 rings (SSSR count). The first kappa shape index (κ1) is 17.5. The first-order chi connectivity index (χ1) is 15.3. The molecule has 0 spiro atoms. The fourth-order valence-electron chi connectivity index (χ4n) is 4.06. The molecule has 0 aliphatic carbocycles. The Balaban J connectivity index is 1.56. The number of nitrogens with one attached hydrogen (secondary N) is 1. The van der Waals surface area contributed by atoms with Gasteiger partial charge >= 0.3 is 0 Å². The van der Waals surface area contributed by atoms with Crippen LogP contribution in [0.2, 0.25) is 0 Å². The number of fused-ring (bicyclic) bond motifs is 7. The second kappa shape index (κ2) is 6.85. The number of hydrogen-bond donors (Lipinski definition) is 1. The molecular weight excluding hydrogens is 384 g/mol. The highest BCUT2D eigenvalue weighted by atomic mass is 16.1. The predicted octanol–water partition coefficient (Wildman–Crippen LogP) is 5.74. The van der Waals surface area contributed by atoms with E-state index in [-0.39, 0.29) is 5.91 Å². The highest BCUT2D eigenvalue weighted by Gasteiger charge is 2.13. The number of nitrogens with zero attached hydrogens (tertiary/aromatic N) is 3. The Bertz CT molecular complexity index is 1630. The number of carbonyl (C=O) groups excluding carboxylic acids is 1.